The molecule has 0 radical (unpaired) electrons. The van der Waals surface area contributed by atoms with Crippen LogP contribution < -0.4 is 5.32 Å². The molecule has 0 unspecified atom stereocenters. The first-order valence-corrected chi connectivity index (χ1v) is 9.85. The van der Waals surface area contributed by atoms with Crippen LogP contribution in [0, 0.1) is 11.3 Å². The summed E-state index contributed by atoms with van der Waals surface area (Å²) in [4.78, 5) is 9.55. The summed E-state index contributed by atoms with van der Waals surface area (Å²) in [5.74, 6) is 2.06. The molecule has 0 bridgehead atoms. The zero-order chi connectivity index (χ0) is 16.1. The summed E-state index contributed by atoms with van der Waals surface area (Å²) in [6.07, 6.45) is 12.6. The topological polar surface area (TPSA) is 30.9 Å². The average Bonchev–Trinajstić information content (AvgIpc) is 2.97. The Kier molecular flexibility index (Phi) is 5.84. The van der Waals surface area contributed by atoms with Gasteiger partial charge < -0.3 is 15.1 Å². The molecule has 1 N–H and O–H groups in total. The van der Waals surface area contributed by atoms with Gasteiger partial charge in [-0.1, -0.05) is 19.3 Å². The number of likely N-dealkylation sites (tertiary alicyclic amines) is 2. The molecule has 4 heteroatoms. The van der Waals surface area contributed by atoms with Crippen LogP contribution >= 0.6 is 0 Å². The lowest BCUT2D eigenvalue weighted by atomic mass is 9.73. The van der Waals surface area contributed by atoms with Crippen LogP contribution in [0.25, 0.3) is 0 Å². The maximum Gasteiger partial charge on any atom is 0.193 e. The van der Waals surface area contributed by atoms with E-state index in [0.29, 0.717) is 5.41 Å². The van der Waals surface area contributed by atoms with Crippen LogP contribution in [0.1, 0.15) is 57.8 Å². The molecule has 23 heavy (non-hydrogen) atoms. The van der Waals surface area contributed by atoms with E-state index in [1.54, 1.807) is 0 Å². The highest BCUT2D eigenvalue weighted by molar-refractivity contribution is 5.80. The van der Waals surface area contributed by atoms with Gasteiger partial charge in [0.05, 0.1) is 0 Å². The van der Waals surface area contributed by atoms with E-state index in [2.05, 4.69) is 27.2 Å². The highest BCUT2D eigenvalue weighted by Crippen LogP contribution is 2.43. The molecule has 0 aromatic carbocycles. The number of nitrogens with one attached hydrogen (secondary N) is 1. The van der Waals surface area contributed by atoms with Gasteiger partial charge in [0.2, 0.25) is 0 Å². The van der Waals surface area contributed by atoms with Gasteiger partial charge in [0, 0.05) is 26.7 Å². The van der Waals surface area contributed by atoms with Crippen LogP contribution in [0.5, 0.6) is 0 Å². The third kappa shape index (κ3) is 4.40. The van der Waals surface area contributed by atoms with Gasteiger partial charge in [-0.15, -0.1) is 0 Å². The summed E-state index contributed by atoms with van der Waals surface area (Å²) in [5, 5.41) is 3.65. The second kappa shape index (κ2) is 7.87. The van der Waals surface area contributed by atoms with Gasteiger partial charge in [0.15, 0.2) is 5.96 Å². The van der Waals surface area contributed by atoms with Crippen LogP contribution in [-0.4, -0.2) is 62.6 Å². The molecule has 2 aliphatic heterocycles. The normalized spacial score (nSPS) is 26.9. The van der Waals surface area contributed by atoms with Gasteiger partial charge in [0.25, 0.3) is 0 Å². The maximum atomic E-state index is 4.57. The first-order chi connectivity index (χ1) is 11.2. The minimum atomic E-state index is 0.615. The monoisotopic (exact) mass is 320 g/mol. The Morgan fingerprint density at radius 3 is 2.52 bits per heavy atom. The predicted molar refractivity (Wildman–Crippen MR) is 97.9 cm³/mol. The zero-order valence-corrected chi connectivity index (χ0v) is 15.3. The number of hydrogen-bond acceptors (Lipinski definition) is 2. The van der Waals surface area contributed by atoms with Crippen LogP contribution in [-0.2, 0) is 0 Å². The van der Waals surface area contributed by atoms with E-state index >= 15 is 0 Å². The number of guanidine groups is 1. The third-order valence-corrected chi connectivity index (χ3v) is 6.54. The van der Waals surface area contributed by atoms with Crippen molar-refractivity contribution in [2.24, 2.45) is 16.3 Å². The van der Waals surface area contributed by atoms with Crippen LogP contribution in [0.4, 0.5) is 0 Å². The summed E-state index contributed by atoms with van der Waals surface area (Å²) < 4.78 is 0. The summed E-state index contributed by atoms with van der Waals surface area (Å²) in [6, 6.07) is 0. The molecular formula is C19H36N4. The second-order valence-electron chi connectivity index (χ2n) is 8.24. The average molecular weight is 321 g/mol. The van der Waals surface area contributed by atoms with E-state index in [0.717, 1.165) is 18.4 Å². The van der Waals surface area contributed by atoms with Gasteiger partial charge in [-0.3, -0.25) is 4.99 Å². The van der Waals surface area contributed by atoms with E-state index in [-0.39, 0.29) is 0 Å². The number of hydrogen-bond donors (Lipinski definition) is 1. The van der Waals surface area contributed by atoms with Crippen molar-refractivity contribution in [2.75, 3.05) is 46.8 Å². The minimum absolute atomic E-state index is 0.615. The largest absolute Gasteiger partial charge is 0.356 e. The molecular weight excluding hydrogens is 284 g/mol. The fraction of sp³-hybridized carbons (Fsp3) is 0.947. The molecule has 3 rings (SSSR count). The summed E-state index contributed by atoms with van der Waals surface area (Å²) in [7, 11) is 4.19. The Morgan fingerprint density at radius 1 is 1.09 bits per heavy atom. The molecule has 3 aliphatic rings. The highest BCUT2D eigenvalue weighted by Gasteiger charge is 2.39. The molecule has 1 saturated carbocycles. The highest BCUT2D eigenvalue weighted by atomic mass is 15.3. The number of piperidine rings is 1. The Balaban J connectivity index is 1.42. The molecule has 0 amide bonds. The smallest absolute Gasteiger partial charge is 0.193 e. The Morgan fingerprint density at radius 2 is 1.83 bits per heavy atom. The number of aliphatic imine (C=N–C) groups is 1. The lowest BCUT2D eigenvalue weighted by Crippen LogP contribution is -2.42. The molecule has 2 saturated heterocycles. The van der Waals surface area contributed by atoms with E-state index in [1.165, 1.54) is 84.0 Å². The Bertz CT molecular complexity index is 392. The predicted octanol–water partition coefficient (Wildman–Crippen LogP) is 2.95. The SMILES string of the molecule is CN=C(NCCC1CCN(C)CC1)N1CCC2(CCCCC2)C1. The lowest BCUT2D eigenvalue weighted by molar-refractivity contribution is 0.202. The Labute approximate surface area is 142 Å². The first-order valence-electron chi connectivity index (χ1n) is 9.85. The van der Waals surface area contributed by atoms with Gasteiger partial charge in [-0.2, -0.15) is 0 Å². The van der Waals surface area contributed by atoms with Crippen molar-refractivity contribution in [1.82, 2.24) is 15.1 Å². The molecule has 2 heterocycles. The maximum absolute atomic E-state index is 4.57. The third-order valence-electron chi connectivity index (χ3n) is 6.54. The number of rotatable bonds is 3. The van der Waals surface area contributed by atoms with E-state index in [9.17, 15) is 0 Å². The molecule has 3 fully saturated rings. The molecule has 132 valence electrons. The van der Waals surface area contributed by atoms with Crippen molar-refractivity contribution in [3.8, 4) is 0 Å². The quantitative estimate of drug-likeness (QED) is 0.641. The van der Waals surface area contributed by atoms with E-state index in [1.807, 2.05) is 7.05 Å². The first kappa shape index (κ1) is 17.1. The molecule has 0 atom stereocenters. The van der Waals surface area contributed by atoms with E-state index < -0.39 is 0 Å². The second-order valence-corrected chi connectivity index (χ2v) is 8.24. The Hall–Kier alpha value is -0.770. The van der Waals surface area contributed by atoms with Gasteiger partial charge >= 0.3 is 0 Å². The van der Waals surface area contributed by atoms with Crippen LogP contribution in [0.15, 0.2) is 4.99 Å². The van der Waals surface area contributed by atoms with Crippen molar-refractivity contribution >= 4 is 5.96 Å². The summed E-state index contributed by atoms with van der Waals surface area (Å²) in [6.45, 7) is 6.07. The van der Waals surface area contributed by atoms with Crippen molar-refractivity contribution in [1.29, 1.82) is 0 Å². The van der Waals surface area contributed by atoms with Crippen LogP contribution in [0.3, 0.4) is 0 Å². The molecule has 1 spiro atoms. The molecule has 1 aliphatic carbocycles. The van der Waals surface area contributed by atoms with E-state index in [4.69, 9.17) is 0 Å². The fourth-order valence-electron chi connectivity index (χ4n) is 4.90. The van der Waals surface area contributed by atoms with Crippen molar-refractivity contribution < 1.29 is 0 Å². The summed E-state index contributed by atoms with van der Waals surface area (Å²) >= 11 is 0. The van der Waals surface area contributed by atoms with Crippen molar-refractivity contribution in [2.45, 2.75) is 57.8 Å². The van der Waals surface area contributed by atoms with Crippen molar-refractivity contribution in [3.63, 3.8) is 0 Å². The van der Waals surface area contributed by atoms with Crippen LogP contribution in [0.2, 0.25) is 0 Å². The number of nitrogens with zero attached hydrogens (tertiary/aromatic N) is 3. The minimum Gasteiger partial charge on any atom is -0.356 e. The van der Waals surface area contributed by atoms with Gasteiger partial charge in [0.1, 0.15) is 0 Å². The lowest BCUT2D eigenvalue weighted by Gasteiger charge is -2.34. The van der Waals surface area contributed by atoms with Gasteiger partial charge in [-0.25, -0.2) is 0 Å². The zero-order valence-electron chi connectivity index (χ0n) is 15.3. The standard InChI is InChI=1S/C19H36N4/c1-20-18(21-12-6-17-7-13-22(2)14-8-17)23-15-11-19(16-23)9-4-3-5-10-19/h17H,3-16H2,1-2H3,(H,20,21). The fourth-order valence-corrected chi connectivity index (χ4v) is 4.90. The molecule has 0 aromatic rings. The van der Waals surface area contributed by atoms with Crippen molar-refractivity contribution in [3.05, 3.63) is 0 Å². The molecule has 0 aromatic heterocycles. The molecule has 4 nitrogen and oxygen atoms in total. The van der Waals surface area contributed by atoms with Gasteiger partial charge in [-0.05, 0) is 70.0 Å². The summed E-state index contributed by atoms with van der Waals surface area (Å²) in [5.41, 5.74) is 0.615.